The molecule has 0 radical (unpaired) electrons. The van der Waals surface area contributed by atoms with Crippen LogP contribution in [0.4, 0.5) is 4.39 Å². The monoisotopic (exact) mass is 482 g/mol. The van der Waals surface area contributed by atoms with E-state index in [1.165, 1.54) is 6.07 Å². The fraction of sp³-hybridized carbons (Fsp3) is 0.200. The second-order valence-electron chi connectivity index (χ2n) is 7.24. The molecule has 0 aromatic heterocycles. The van der Waals surface area contributed by atoms with Gasteiger partial charge in [-0.15, -0.1) is 0 Å². The maximum Gasteiger partial charge on any atom is 0.242 e. The molecule has 1 N–H and O–H groups in total. The average Bonchev–Trinajstić information content (AvgIpc) is 2.79. The molecule has 2 amide bonds. The molecular formula is C25H24BrFN2O2. The zero-order valence-corrected chi connectivity index (χ0v) is 18.8. The van der Waals surface area contributed by atoms with Gasteiger partial charge in [0.1, 0.15) is 11.9 Å². The third kappa shape index (κ3) is 6.25. The summed E-state index contributed by atoms with van der Waals surface area (Å²) in [4.78, 5) is 27.7. The molecular weight excluding hydrogens is 459 g/mol. The molecule has 3 aromatic rings. The zero-order valence-electron chi connectivity index (χ0n) is 17.2. The van der Waals surface area contributed by atoms with Gasteiger partial charge in [0.25, 0.3) is 0 Å². The van der Waals surface area contributed by atoms with Crippen molar-refractivity contribution in [2.24, 2.45) is 0 Å². The maximum atomic E-state index is 14.2. The Morgan fingerprint density at radius 2 is 1.58 bits per heavy atom. The van der Waals surface area contributed by atoms with E-state index in [1.807, 2.05) is 54.6 Å². The highest BCUT2D eigenvalue weighted by Crippen LogP contribution is 2.19. The smallest absolute Gasteiger partial charge is 0.242 e. The van der Waals surface area contributed by atoms with E-state index in [-0.39, 0.29) is 24.8 Å². The van der Waals surface area contributed by atoms with Gasteiger partial charge in [0.2, 0.25) is 11.8 Å². The van der Waals surface area contributed by atoms with E-state index in [9.17, 15) is 14.0 Å². The van der Waals surface area contributed by atoms with Gasteiger partial charge in [-0.1, -0.05) is 76.6 Å². The Labute approximate surface area is 190 Å². The van der Waals surface area contributed by atoms with Crippen LogP contribution in [0.25, 0.3) is 0 Å². The number of likely N-dealkylation sites (N-methyl/N-ethyl adjacent to an activating group) is 1. The summed E-state index contributed by atoms with van der Waals surface area (Å²) < 4.78 is 15.1. The standard InChI is InChI=1S/C25H24BrFN2O2/c1-28-25(31)23(15-18-7-3-2-4-8-18)29(17-19-11-13-21(26)14-12-19)24(30)16-20-9-5-6-10-22(20)27/h2-14,23H,15-17H2,1H3,(H,28,31)/t23-/m0/s1. The van der Waals surface area contributed by atoms with Crippen molar-refractivity contribution in [3.8, 4) is 0 Å². The summed E-state index contributed by atoms with van der Waals surface area (Å²) in [6, 6.07) is 22.6. The Kier molecular flexibility index (Phi) is 7.95. The summed E-state index contributed by atoms with van der Waals surface area (Å²) in [7, 11) is 1.56. The first kappa shape index (κ1) is 22.7. The third-order valence-electron chi connectivity index (χ3n) is 5.08. The molecule has 31 heavy (non-hydrogen) atoms. The molecule has 4 nitrogen and oxygen atoms in total. The van der Waals surface area contributed by atoms with Crippen LogP contribution in [-0.2, 0) is 29.0 Å². The number of carbonyl (C=O) groups is 2. The molecule has 3 aromatic carbocycles. The molecule has 3 rings (SSSR count). The number of halogens is 2. The molecule has 6 heteroatoms. The fourth-order valence-corrected chi connectivity index (χ4v) is 3.68. The van der Waals surface area contributed by atoms with Crippen LogP contribution in [0.1, 0.15) is 16.7 Å². The highest BCUT2D eigenvalue weighted by molar-refractivity contribution is 9.10. The van der Waals surface area contributed by atoms with Gasteiger partial charge in [0.15, 0.2) is 0 Å². The van der Waals surface area contributed by atoms with Crippen molar-refractivity contribution >= 4 is 27.7 Å². The first-order valence-corrected chi connectivity index (χ1v) is 10.8. The van der Waals surface area contributed by atoms with E-state index < -0.39 is 11.9 Å². The molecule has 0 heterocycles. The summed E-state index contributed by atoms with van der Waals surface area (Å²) in [5, 5.41) is 2.68. The van der Waals surface area contributed by atoms with Crippen molar-refractivity contribution in [3.05, 3.63) is 106 Å². The maximum absolute atomic E-state index is 14.2. The lowest BCUT2D eigenvalue weighted by molar-refractivity contribution is -0.140. The van der Waals surface area contributed by atoms with Crippen molar-refractivity contribution in [3.63, 3.8) is 0 Å². The molecule has 0 aliphatic carbocycles. The Balaban J connectivity index is 1.94. The van der Waals surface area contributed by atoms with Crippen molar-refractivity contribution in [1.29, 1.82) is 0 Å². The number of hydrogen-bond donors (Lipinski definition) is 1. The molecule has 0 fully saturated rings. The summed E-state index contributed by atoms with van der Waals surface area (Å²) in [6.45, 7) is 0.242. The van der Waals surface area contributed by atoms with Crippen LogP contribution in [0.15, 0.2) is 83.3 Å². The quantitative estimate of drug-likeness (QED) is 0.513. The average molecular weight is 483 g/mol. The number of rotatable bonds is 8. The van der Waals surface area contributed by atoms with Crippen LogP contribution >= 0.6 is 15.9 Å². The van der Waals surface area contributed by atoms with Crippen LogP contribution < -0.4 is 5.32 Å². The second-order valence-corrected chi connectivity index (χ2v) is 8.15. The molecule has 0 saturated carbocycles. The van der Waals surface area contributed by atoms with Gasteiger partial charge < -0.3 is 10.2 Å². The van der Waals surface area contributed by atoms with Gasteiger partial charge in [0.05, 0.1) is 6.42 Å². The van der Waals surface area contributed by atoms with Crippen LogP contribution in [-0.4, -0.2) is 29.8 Å². The summed E-state index contributed by atoms with van der Waals surface area (Å²) in [6.07, 6.45) is 0.242. The normalized spacial score (nSPS) is 11.6. The molecule has 0 aliphatic heterocycles. The Morgan fingerprint density at radius 1 is 0.935 bits per heavy atom. The molecule has 0 aliphatic rings. The van der Waals surface area contributed by atoms with Gasteiger partial charge in [0, 0.05) is 24.5 Å². The predicted octanol–water partition coefficient (Wildman–Crippen LogP) is 4.52. The van der Waals surface area contributed by atoms with Crippen LogP contribution in [0.5, 0.6) is 0 Å². The van der Waals surface area contributed by atoms with Crippen LogP contribution in [0, 0.1) is 5.82 Å². The highest BCUT2D eigenvalue weighted by Gasteiger charge is 2.30. The summed E-state index contributed by atoms with van der Waals surface area (Å²) in [5.74, 6) is -1.00. The Morgan fingerprint density at radius 3 is 2.23 bits per heavy atom. The first-order valence-electron chi connectivity index (χ1n) is 10.0. The van der Waals surface area contributed by atoms with Gasteiger partial charge in [-0.3, -0.25) is 9.59 Å². The lowest BCUT2D eigenvalue weighted by Crippen LogP contribution is -2.50. The Hall–Kier alpha value is -2.99. The lowest BCUT2D eigenvalue weighted by atomic mass is 10.0. The molecule has 160 valence electrons. The van der Waals surface area contributed by atoms with Crippen molar-refractivity contribution < 1.29 is 14.0 Å². The minimum absolute atomic E-state index is 0.120. The third-order valence-corrected chi connectivity index (χ3v) is 5.61. The number of nitrogens with zero attached hydrogens (tertiary/aromatic N) is 1. The van der Waals surface area contributed by atoms with E-state index in [0.29, 0.717) is 12.0 Å². The summed E-state index contributed by atoms with van der Waals surface area (Å²) >= 11 is 3.41. The molecule has 1 atom stereocenters. The Bertz CT molecular complexity index is 1030. The van der Waals surface area contributed by atoms with E-state index in [1.54, 1.807) is 30.1 Å². The van der Waals surface area contributed by atoms with Gasteiger partial charge in [-0.05, 0) is 34.9 Å². The van der Waals surface area contributed by atoms with Gasteiger partial charge in [-0.25, -0.2) is 4.39 Å². The van der Waals surface area contributed by atoms with Crippen molar-refractivity contribution in [1.82, 2.24) is 10.2 Å². The van der Waals surface area contributed by atoms with Crippen molar-refractivity contribution in [2.75, 3.05) is 7.05 Å². The zero-order chi connectivity index (χ0) is 22.2. The second kappa shape index (κ2) is 10.9. The number of carbonyl (C=O) groups excluding carboxylic acids is 2. The summed E-state index contributed by atoms with van der Waals surface area (Å²) in [5.41, 5.74) is 2.13. The van der Waals surface area contributed by atoms with E-state index in [2.05, 4.69) is 21.2 Å². The number of benzene rings is 3. The molecule has 0 spiro atoms. The number of nitrogens with one attached hydrogen (secondary N) is 1. The minimum Gasteiger partial charge on any atom is -0.357 e. The van der Waals surface area contributed by atoms with Crippen LogP contribution in [0.3, 0.4) is 0 Å². The van der Waals surface area contributed by atoms with Crippen LogP contribution in [0.2, 0.25) is 0 Å². The van der Waals surface area contributed by atoms with E-state index >= 15 is 0 Å². The molecule has 0 bridgehead atoms. The largest absolute Gasteiger partial charge is 0.357 e. The topological polar surface area (TPSA) is 49.4 Å². The lowest BCUT2D eigenvalue weighted by Gasteiger charge is -2.31. The first-order chi connectivity index (χ1) is 15.0. The fourth-order valence-electron chi connectivity index (χ4n) is 3.41. The predicted molar refractivity (Wildman–Crippen MR) is 123 cm³/mol. The van der Waals surface area contributed by atoms with Crippen molar-refractivity contribution in [2.45, 2.75) is 25.4 Å². The van der Waals surface area contributed by atoms with Gasteiger partial charge >= 0.3 is 0 Å². The number of amides is 2. The highest BCUT2D eigenvalue weighted by atomic mass is 79.9. The van der Waals surface area contributed by atoms with E-state index in [4.69, 9.17) is 0 Å². The van der Waals surface area contributed by atoms with E-state index in [0.717, 1.165) is 15.6 Å². The SMILES string of the molecule is CNC(=O)[C@H](Cc1ccccc1)N(Cc1ccc(Br)cc1)C(=O)Cc1ccccc1F. The molecule has 0 saturated heterocycles. The molecule has 0 unspecified atom stereocenters. The minimum atomic E-state index is -0.727. The number of hydrogen-bond acceptors (Lipinski definition) is 2. The van der Waals surface area contributed by atoms with Gasteiger partial charge in [-0.2, -0.15) is 0 Å².